The molecule has 0 spiro atoms. The monoisotopic (exact) mass is 666 g/mol. The summed E-state index contributed by atoms with van der Waals surface area (Å²) < 4.78 is 25.0. The van der Waals surface area contributed by atoms with Crippen molar-refractivity contribution < 1.29 is 23.7 Å². The highest BCUT2D eigenvalue weighted by Gasteiger charge is 2.34. The van der Waals surface area contributed by atoms with Gasteiger partial charge in [-0.05, 0) is 69.7 Å². The second-order valence-electron chi connectivity index (χ2n) is 10.4. The number of hydrogen-bond donors (Lipinski definition) is 0. The molecule has 0 N–H and O–H groups in total. The van der Waals surface area contributed by atoms with Crippen LogP contribution in [0.3, 0.4) is 0 Å². The minimum absolute atomic E-state index is 0.0744. The number of fused-ring (bicyclic) bond motifs is 1. The molecule has 1 aliphatic rings. The Balaban J connectivity index is 1.61. The third-order valence-electron chi connectivity index (χ3n) is 6.99. The average molecular weight is 668 g/mol. The maximum absolute atomic E-state index is 14.1. The van der Waals surface area contributed by atoms with Gasteiger partial charge in [-0.15, -0.1) is 0 Å². The first-order valence-corrected chi connectivity index (χ1v) is 15.9. The first-order chi connectivity index (χ1) is 21.6. The lowest BCUT2D eigenvalue weighted by Crippen LogP contribution is -2.40. The molecule has 0 saturated heterocycles. The van der Waals surface area contributed by atoms with Gasteiger partial charge in [-0.1, -0.05) is 64.9 Å². The van der Waals surface area contributed by atoms with E-state index in [1.807, 2.05) is 50.2 Å². The molecule has 0 saturated carbocycles. The fourth-order valence-electron chi connectivity index (χ4n) is 4.98. The minimum Gasteiger partial charge on any atom is -0.493 e. The van der Waals surface area contributed by atoms with E-state index in [9.17, 15) is 9.59 Å². The van der Waals surface area contributed by atoms with Crippen LogP contribution in [0.25, 0.3) is 6.08 Å². The normalized spacial score (nSPS) is 14.7. The van der Waals surface area contributed by atoms with Crippen LogP contribution in [-0.2, 0) is 16.1 Å². The van der Waals surface area contributed by atoms with Gasteiger partial charge < -0.3 is 18.9 Å². The van der Waals surface area contributed by atoms with Crippen molar-refractivity contribution in [1.29, 1.82) is 0 Å². The van der Waals surface area contributed by atoms with Crippen molar-refractivity contribution in [2.24, 2.45) is 4.99 Å². The topological polar surface area (TPSA) is 88.4 Å². The number of carbonyl (C=O) groups excluding carboxylic acids is 1. The zero-order valence-corrected chi connectivity index (χ0v) is 27.8. The first-order valence-electron chi connectivity index (χ1n) is 14.3. The standard InChI is InChI=1S/C34H32Cl2N2O6S/c1-6-42-33(40)30-20(4)37-34-38(31(30)22-12-14-27(44-19(2)3)28(15-22)41-5)32(39)29(45-34)16-21-9-7-8-10-26(21)43-18-23-11-13-24(35)17-25(23)36/h7-17,19,31H,6,18H2,1-5H3/b29-16+/t31-/m1/s1. The second kappa shape index (κ2) is 13.9. The molecule has 1 atom stereocenters. The molecule has 0 unspecified atom stereocenters. The van der Waals surface area contributed by atoms with E-state index in [0.29, 0.717) is 53.5 Å². The third kappa shape index (κ3) is 6.96. The Morgan fingerprint density at radius 3 is 2.56 bits per heavy atom. The van der Waals surface area contributed by atoms with Crippen LogP contribution in [0.2, 0.25) is 10.0 Å². The second-order valence-corrected chi connectivity index (χ2v) is 12.3. The summed E-state index contributed by atoms with van der Waals surface area (Å²) in [6.07, 6.45) is 1.69. The molecule has 234 valence electrons. The van der Waals surface area contributed by atoms with E-state index in [4.69, 9.17) is 42.1 Å². The van der Waals surface area contributed by atoms with Crippen molar-refractivity contribution in [1.82, 2.24) is 4.57 Å². The summed E-state index contributed by atoms with van der Waals surface area (Å²) in [6.45, 7) is 7.71. The molecular weight excluding hydrogens is 635 g/mol. The van der Waals surface area contributed by atoms with Gasteiger partial charge in [0.15, 0.2) is 16.3 Å². The molecular formula is C34H32Cl2N2O6S. The fourth-order valence-corrected chi connectivity index (χ4v) is 6.48. The number of methoxy groups -OCH3 is 1. The molecule has 45 heavy (non-hydrogen) atoms. The zero-order valence-electron chi connectivity index (χ0n) is 25.4. The van der Waals surface area contributed by atoms with Crippen LogP contribution >= 0.6 is 34.5 Å². The van der Waals surface area contributed by atoms with Crippen molar-refractivity contribution >= 4 is 46.6 Å². The number of carbonyl (C=O) groups is 1. The summed E-state index contributed by atoms with van der Waals surface area (Å²) in [4.78, 5) is 32.6. The highest BCUT2D eigenvalue weighted by Crippen LogP contribution is 2.36. The van der Waals surface area contributed by atoms with Crippen molar-refractivity contribution in [3.63, 3.8) is 0 Å². The molecule has 2 heterocycles. The van der Waals surface area contributed by atoms with Crippen molar-refractivity contribution in [3.05, 3.63) is 118 Å². The Morgan fingerprint density at radius 1 is 1.07 bits per heavy atom. The smallest absolute Gasteiger partial charge is 0.338 e. The van der Waals surface area contributed by atoms with E-state index >= 15 is 0 Å². The van der Waals surface area contributed by atoms with Crippen LogP contribution in [0.4, 0.5) is 0 Å². The molecule has 0 fully saturated rings. The molecule has 3 aromatic carbocycles. The molecule has 0 radical (unpaired) electrons. The molecule has 1 aliphatic heterocycles. The van der Waals surface area contributed by atoms with Gasteiger partial charge in [0.1, 0.15) is 12.4 Å². The van der Waals surface area contributed by atoms with E-state index in [0.717, 1.165) is 5.56 Å². The maximum Gasteiger partial charge on any atom is 0.338 e. The number of esters is 1. The van der Waals surface area contributed by atoms with Gasteiger partial charge in [0.25, 0.3) is 5.56 Å². The first kappa shape index (κ1) is 32.3. The lowest BCUT2D eigenvalue weighted by Gasteiger charge is -2.25. The van der Waals surface area contributed by atoms with Crippen LogP contribution in [0.1, 0.15) is 50.4 Å². The lowest BCUT2D eigenvalue weighted by molar-refractivity contribution is -0.139. The number of thiazole rings is 1. The van der Waals surface area contributed by atoms with Crippen molar-refractivity contribution in [2.45, 2.75) is 46.4 Å². The number of nitrogens with zero attached hydrogens (tertiary/aromatic N) is 2. The number of para-hydroxylation sites is 1. The van der Waals surface area contributed by atoms with E-state index < -0.39 is 12.0 Å². The van der Waals surface area contributed by atoms with E-state index in [-0.39, 0.29) is 30.5 Å². The van der Waals surface area contributed by atoms with Gasteiger partial charge >= 0.3 is 5.97 Å². The molecule has 0 bridgehead atoms. The number of rotatable bonds is 10. The highest BCUT2D eigenvalue weighted by molar-refractivity contribution is 7.07. The predicted octanol–water partition coefficient (Wildman–Crippen LogP) is 6.48. The van der Waals surface area contributed by atoms with Gasteiger partial charge in [0.2, 0.25) is 0 Å². The highest BCUT2D eigenvalue weighted by atomic mass is 35.5. The maximum atomic E-state index is 14.1. The van der Waals surface area contributed by atoms with Crippen molar-refractivity contribution in [3.8, 4) is 17.2 Å². The molecule has 1 aromatic heterocycles. The summed E-state index contributed by atoms with van der Waals surface area (Å²) in [5, 5.41) is 1.04. The molecule has 0 aliphatic carbocycles. The van der Waals surface area contributed by atoms with E-state index in [2.05, 4.69) is 4.99 Å². The Hall–Kier alpha value is -4.05. The molecule has 4 aromatic rings. The molecule has 11 heteroatoms. The third-order valence-corrected chi connectivity index (χ3v) is 8.56. The Morgan fingerprint density at radius 2 is 1.84 bits per heavy atom. The largest absolute Gasteiger partial charge is 0.493 e. The Bertz CT molecular complexity index is 1960. The van der Waals surface area contributed by atoms with Gasteiger partial charge in [-0.3, -0.25) is 9.36 Å². The number of benzene rings is 3. The number of hydrogen-bond acceptors (Lipinski definition) is 8. The van der Waals surface area contributed by atoms with Gasteiger partial charge in [-0.2, -0.15) is 0 Å². The van der Waals surface area contributed by atoms with Crippen LogP contribution in [-0.4, -0.2) is 30.4 Å². The summed E-state index contributed by atoms with van der Waals surface area (Å²) in [6, 6.07) is 17.2. The summed E-state index contributed by atoms with van der Waals surface area (Å²) in [5.41, 5.74) is 2.56. The Kier molecular flexibility index (Phi) is 10.0. The van der Waals surface area contributed by atoms with Gasteiger partial charge in [0, 0.05) is 21.2 Å². The number of aromatic nitrogens is 1. The van der Waals surface area contributed by atoms with E-state index in [1.54, 1.807) is 51.3 Å². The minimum atomic E-state index is -0.803. The molecule has 8 nitrogen and oxygen atoms in total. The number of halogens is 2. The quantitative estimate of drug-likeness (QED) is 0.180. The lowest BCUT2D eigenvalue weighted by atomic mass is 9.95. The molecule has 5 rings (SSSR count). The van der Waals surface area contributed by atoms with Crippen LogP contribution < -0.4 is 29.1 Å². The van der Waals surface area contributed by atoms with Gasteiger partial charge in [0.05, 0.1) is 41.7 Å². The fraction of sp³-hybridized carbons (Fsp3) is 0.265. The van der Waals surface area contributed by atoms with Crippen LogP contribution in [0.5, 0.6) is 17.2 Å². The Labute approximate surface area is 274 Å². The van der Waals surface area contributed by atoms with E-state index in [1.165, 1.54) is 15.9 Å². The predicted molar refractivity (Wildman–Crippen MR) is 176 cm³/mol. The molecule has 0 amide bonds. The summed E-state index contributed by atoms with van der Waals surface area (Å²) in [7, 11) is 1.55. The zero-order chi connectivity index (χ0) is 32.2. The number of ether oxygens (including phenoxy) is 4. The van der Waals surface area contributed by atoms with Crippen molar-refractivity contribution in [2.75, 3.05) is 13.7 Å². The SMILES string of the molecule is CCOC(=O)C1=C(C)N=c2s/c(=C/c3ccccc3OCc3ccc(Cl)cc3Cl)c(=O)n2[C@@H]1c1ccc(OC(C)C)c(OC)c1. The average Bonchev–Trinajstić information content (AvgIpc) is 3.30. The van der Waals surface area contributed by atoms with Crippen LogP contribution in [0, 0.1) is 0 Å². The number of allylic oxidation sites excluding steroid dienone is 1. The van der Waals surface area contributed by atoms with Gasteiger partial charge in [-0.25, -0.2) is 9.79 Å². The summed E-state index contributed by atoms with van der Waals surface area (Å²) in [5.74, 6) is 1.06. The summed E-state index contributed by atoms with van der Waals surface area (Å²) >= 11 is 13.6. The van der Waals surface area contributed by atoms with Crippen LogP contribution in [0.15, 0.2) is 81.7 Å².